The summed E-state index contributed by atoms with van der Waals surface area (Å²) in [5, 5.41) is 0.223. The molecule has 106 valence electrons. The summed E-state index contributed by atoms with van der Waals surface area (Å²) in [7, 11) is -2.12. The van der Waals surface area contributed by atoms with Crippen LogP contribution in [0, 0.1) is 0 Å². The van der Waals surface area contributed by atoms with E-state index in [-0.39, 0.29) is 21.0 Å². The number of ether oxygens (including phenoxy) is 1. The van der Waals surface area contributed by atoms with E-state index in [1.54, 1.807) is 7.11 Å². The fraction of sp³-hybridized carbons (Fsp3) is 0.455. The molecule has 8 heteroatoms. The van der Waals surface area contributed by atoms with Crippen LogP contribution < -0.4 is 0 Å². The van der Waals surface area contributed by atoms with Gasteiger partial charge >= 0.3 is 0 Å². The minimum atomic E-state index is -3.69. The number of sulfonamides is 1. The number of nitrogens with zero attached hydrogens (tertiary/aromatic N) is 1. The van der Waals surface area contributed by atoms with Gasteiger partial charge in [-0.05, 0) is 18.6 Å². The first-order valence-corrected chi connectivity index (χ1v) is 8.52. The van der Waals surface area contributed by atoms with Crippen LogP contribution in [0.3, 0.4) is 0 Å². The van der Waals surface area contributed by atoms with Crippen LogP contribution in [0.1, 0.15) is 6.42 Å². The first-order valence-electron chi connectivity index (χ1n) is 5.53. The van der Waals surface area contributed by atoms with Crippen molar-refractivity contribution in [3.8, 4) is 0 Å². The molecule has 1 fully saturated rings. The standard InChI is InChI=1S/C11H12BrCl2NO3S/c1-18-8-2-3-15(6-8)19(16,17)11-9(13)4-7(12)5-10(11)14/h4-5,8H,2-3,6H2,1H3. The molecule has 0 N–H and O–H groups in total. The number of benzene rings is 1. The molecule has 2 rings (SSSR count). The van der Waals surface area contributed by atoms with E-state index in [1.165, 1.54) is 16.4 Å². The van der Waals surface area contributed by atoms with Gasteiger partial charge in [0, 0.05) is 24.7 Å². The van der Waals surface area contributed by atoms with Crippen LogP contribution >= 0.6 is 39.1 Å². The summed E-state index contributed by atoms with van der Waals surface area (Å²) in [4.78, 5) is -0.0456. The third-order valence-corrected chi connectivity index (χ3v) is 6.25. The number of hydrogen-bond acceptors (Lipinski definition) is 3. The fourth-order valence-corrected chi connectivity index (χ4v) is 5.38. The van der Waals surface area contributed by atoms with Crippen molar-refractivity contribution < 1.29 is 13.2 Å². The van der Waals surface area contributed by atoms with Crippen molar-refractivity contribution in [2.45, 2.75) is 17.4 Å². The predicted molar refractivity (Wildman–Crippen MR) is 78.3 cm³/mol. The minimum absolute atomic E-state index is 0.0456. The van der Waals surface area contributed by atoms with Gasteiger partial charge in [-0.2, -0.15) is 4.31 Å². The second-order valence-electron chi connectivity index (χ2n) is 4.21. The highest BCUT2D eigenvalue weighted by Crippen LogP contribution is 2.35. The van der Waals surface area contributed by atoms with Crippen LogP contribution in [0.25, 0.3) is 0 Å². The van der Waals surface area contributed by atoms with E-state index < -0.39 is 10.0 Å². The molecule has 0 spiro atoms. The first kappa shape index (κ1) is 15.5. The molecule has 1 aromatic rings. The van der Waals surface area contributed by atoms with Gasteiger partial charge in [-0.1, -0.05) is 39.1 Å². The molecule has 1 heterocycles. The van der Waals surface area contributed by atoms with Gasteiger partial charge in [0.1, 0.15) is 4.90 Å². The molecule has 4 nitrogen and oxygen atoms in total. The monoisotopic (exact) mass is 387 g/mol. The summed E-state index contributed by atoms with van der Waals surface area (Å²) in [6.45, 7) is 0.727. The Kier molecular flexibility index (Phi) is 4.80. The summed E-state index contributed by atoms with van der Waals surface area (Å²) in [6.07, 6.45) is 0.587. The van der Waals surface area contributed by atoms with Crippen molar-refractivity contribution >= 4 is 49.2 Å². The van der Waals surface area contributed by atoms with Gasteiger partial charge in [-0.15, -0.1) is 0 Å². The average Bonchev–Trinajstić information content (AvgIpc) is 2.75. The molecule has 1 aliphatic heterocycles. The van der Waals surface area contributed by atoms with Crippen LogP contribution in [0.2, 0.25) is 10.0 Å². The Morgan fingerprint density at radius 1 is 1.37 bits per heavy atom. The summed E-state index contributed by atoms with van der Waals surface area (Å²) in [6, 6.07) is 3.04. The van der Waals surface area contributed by atoms with E-state index in [0.717, 1.165) is 0 Å². The minimum Gasteiger partial charge on any atom is -0.380 e. The Labute approximate surface area is 130 Å². The normalized spacial score (nSPS) is 20.9. The predicted octanol–water partition coefficient (Wildman–Crippen LogP) is 3.17. The Bertz CT molecular complexity index is 571. The fourth-order valence-electron chi connectivity index (χ4n) is 2.01. The van der Waals surface area contributed by atoms with E-state index in [0.29, 0.717) is 24.0 Å². The van der Waals surface area contributed by atoms with Crippen LogP contribution in [-0.4, -0.2) is 39.0 Å². The molecule has 0 amide bonds. The van der Waals surface area contributed by atoms with E-state index >= 15 is 0 Å². The van der Waals surface area contributed by atoms with Gasteiger partial charge in [-0.25, -0.2) is 8.42 Å². The van der Waals surface area contributed by atoms with Crippen molar-refractivity contribution in [2.75, 3.05) is 20.2 Å². The summed E-state index contributed by atoms with van der Waals surface area (Å²) in [5.41, 5.74) is 0. The van der Waals surface area contributed by atoms with E-state index in [4.69, 9.17) is 27.9 Å². The van der Waals surface area contributed by atoms with Crippen molar-refractivity contribution in [3.63, 3.8) is 0 Å². The zero-order chi connectivity index (χ0) is 14.2. The third-order valence-electron chi connectivity index (χ3n) is 3.00. The molecule has 0 radical (unpaired) electrons. The quantitative estimate of drug-likeness (QED) is 0.798. The smallest absolute Gasteiger partial charge is 0.246 e. The van der Waals surface area contributed by atoms with Gasteiger partial charge < -0.3 is 4.74 Å². The Morgan fingerprint density at radius 2 is 1.95 bits per heavy atom. The molecule has 1 saturated heterocycles. The van der Waals surface area contributed by atoms with E-state index in [2.05, 4.69) is 15.9 Å². The zero-order valence-corrected chi connectivity index (χ0v) is 14.0. The van der Waals surface area contributed by atoms with E-state index in [1.807, 2.05) is 0 Å². The second-order valence-corrected chi connectivity index (χ2v) is 7.81. The van der Waals surface area contributed by atoms with E-state index in [9.17, 15) is 8.42 Å². The first-order chi connectivity index (χ1) is 8.86. The zero-order valence-electron chi connectivity index (χ0n) is 10.1. The largest absolute Gasteiger partial charge is 0.380 e. The Hall–Kier alpha value is 0.150. The van der Waals surface area contributed by atoms with Crippen LogP contribution in [0.15, 0.2) is 21.5 Å². The van der Waals surface area contributed by atoms with Crippen LogP contribution in [0.5, 0.6) is 0 Å². The van der Waals surface area contributed by atoms with Crippen LogP contribution in [-0.2, 0) is 14.8 Å². The lowest BCUT2D eigenvalue weighted by atomic mass is 10.3. The Balaban J connectivity index is 2.41. The lowest BCUT2D eigenvalue weighted by Crippen LogP contribution is -2.30. The molecule has 1 atom stereocenters. The molecule has 1 unspecified atom stereocenters. The molecule has 0 aromatic heterocycles. The van der Waals surface area contributed by atoms with Crippen molar-refractivity contribution in [1.82, 2.24) is 4.31 Å². The summed E-state index contributed by atoms with van der Waals surface area (Å²) < 4.78 is 32.2. The molecule has 0 bridgehead atoms. The van der Waals surface area contributed by atoms with Crippen LogP contribution in [0.4, 0.5) is 0 Å². The highest BCUT2D eigenvalue weighted by molar-refractivity contribution is 9.10. The molecule has 1 aliphatic rings. The van der Waals surface area contributed by atoms with Gasteiger partial charge in [0.2, 0.25) is 10.0 Å². The molecule has 19 heavy (non-hydrogen) atoms. The summed E-state index contributed by atoms with van der Waals surface area (Å²) >= 11 is 15.3. The lowest BCUT2D eigenvalue weighted by molar-refractivity contribution is 0.115. The second kappa shape index (κ2) is 5.87. The molecule has 0 aliphatic carbocycles. The highest BCUT2D eigenvalue weighted by atomic mass is 79.9. The SMILES string of the molecule is COC1CCN(S(=O)(=O)c2c(Cl)cc(Br)cc2Cl)C1. The number of hydrogen-bond donors (Lipinski definition) is 0. The van der Waals surface area contributed by atoms with Crippen molar-refractivity contribution in [3.05, 3.63) is 26.7 Å². The van der Waals surface area contributed by atoms with Crippen molar-refractivity contribution in [2.24, 2.45) is 0 Å². The van der Waals surface area contributed by atoms with Crippen molar-refractivity contribution in [1.29, 1.82) is 0 Å². The number of rotatable bonds is 3. The maximum Gasteiger partial charge on any atom is 0.246 e. The topological polar surface area (TPSA) is 46.6 Å². The number of methoxy groups -OCH3 is 1. The van der Waals surface area contributed by atoms with Gasteiger partial charge in [0.05, 0.1) is 16.1 Å². The van der Waals surface area contributed by atoms with Gasteiger partial charge in [0.25, 0.3) is 0 Å². The van der Waals surface area contributed by atoms with Gasteiger partial charge in [0.15, 0.2) is 0 Å². The maximum atomic E-state index is 12.5. The highest BCUT2D eigenvalue weighted by Gasteiger charge is 2.35. The average molecular weight is 389 g/mol. The number of halogens is 3. The summed E-state index contributed by atoms with van der Waals surface area (Å²) in [5.74, 6) is 0. The molecular formula is C11H12BrCl2NO3S. The molecule has 1 aromatic carbocycles. The lowest BCUT2D eigenvalue weighted by Gasteiger charge is -2.18. The molecule has 0 saturated carbocycles. The maximum absolute atomic E-state index is 12.5. The Morgan fingerprint density at radius 3 is 2.42 bits per heavy atom. The third kappa shape index (κ3) is 3.09. The molecular weight excluding hydrogens is 377 g/mol. The van der Waals surface area contributed by atoms with Gasteiger partial charge in [-0.3, -0.25) is 0 Å².